The first kappa shape index (κ1) is 22.9. The van der Waals surface area contributed by atoms with Crippen molar-refractivity contribution in [3.8, 4) is 0 Å². The largest absolute Gasteiger partial charge is 0.340 e. The molecule has 1 heterocycles. The molecule has 3 rings (SSSR count). The average molecular weight is 448 g/mol. The Morgan fingerprint density at radius 1 is 1.03 bits per heavy atom. The zero-order chi connectivity index (χ0) is 22.6. The summed E-state index contributed by atoms with van der Waals surface area (Å²) < 4.78 is 40.1. The van der Waals surface area contributed by atoms with Crippen LogP contribution in [0.5, 0.6) is 0 Å². The van der Waals surface area contributed by atoms with Crippen LogP contribution >= 0.6 is 0 Å². The number of nitrogens with zero attached hydrogens (tertiary/aromatic N) is 1. The van der Waals surface area contributed by atoms with Gasteiger partial charge in [0.25, 0.3) is 5.91 Å². The summed E-state index contributed by atoms with van der Waals surface area (Å²) in [5.74, 6) is -1.67. The van der Waals surface area contributed by atoms with Crippen molar-refractivity contribution in [3.63, 3.8) is 0 Å². The Morgan fingerprint density at radius 2 is 1.68 bits per heavy atom. The van der Waals surface area contributed by atoms with Crippen LogP contribution < -0.4 is 10.6 Å². The number of nitrogens with one attached hydrogen (secondary N) is 2. The Kier molecular flexibility index (Phi) is 7.07. The van der Waals surface area contributed by atoms with E-state index in [0.717, 1.165) is 12.8 Å². The Balaban J connectivity index is 1.73. The molecule has 1 fully saturated rings. The first-order valence-corrected chi connectivity index (χ1v) is 11.6. The molecule has 0 aromatic heterocycles. The van der Waals surface area contributed by atoms with Crippen molar-refractivity contribution >= 4 is 27.5 Å². The Labute approximate surface area is 181 Å². The second-order valence-electron chi connectivity index (χ2n) is 7.83. The van der Waals surface area contributed by atoms with Crippen LogP contribution in [0.15, 0.2) is 53.4 Å². The van der Waals surface area contributed by atoms with Crippen molar-refractivity contribution in [1.82, 2.24) is 9.62 Å². The van der Waals surface area contributed by atoms with Crippen LogP contribution in [0.25, 0.3) is 0 Å². The van der Waals surface area contributed by atoms with Gasteiger partial charge in [0.15, 0.2) is 0 Å². The van der Waals surface area contributed by atoms with Crippen LogP contribution in [0.2, 0.25) is 0 Å². The van der Waals surface area contributed by atoms with Crippen molar-refractivity contribution in [3.05, 3.63) is 59.9 Å². The van der Waals surface area contributed by atoms with E-state index in [1.54, 1.807) is 26.0 Å². The summed E-state index contributed by atoms with van der Waals surface area (Å²) in [6, 6.07) is 10.2. The highest BCUT2D eigenvalue weighted by atomic mass is 32.2. The molecule has 2 aromatic carbocycles. The first-order chi connectivity index (χ1) is 14.7. The maximum Gasteiger partial charge on any atom is 0.251 e. The van der Waals surface area contributed by atoms with Crippen molar-refractivity contribution in [2.75, 3.05) is 18.4 Å². The van der Waals surface area contributed by atoms with E-state index in [9.17, 15) is 22.4 Å². The fraction of sp³-hybridized carbons (Fsp3) is 0.364. The highest BCUT2D eigenvalue weighted by Crippen LogP contribution is 2.23. The lowest BCUT2D eigenvalue weighted by Crippen LogP contribution is -2.47. The third-order valence-corrected chi connectivity index (χ3v) is 7.04. The molecule has 9 heteroatoms. The Morgan fingerprint density at radius 3 is 2.29 bits per heavy atom. The number of sulfonamides is 1. The third-order valence-electron chi connectivity index (χ3n) is 5.15. The molecule has 1 atom stereocenters. The maximum absolute atomic E-state index is 13.1. The molecular formula is C22H26FN3O4S. The molecule has 0 radical (unpaired) electrons. The van der Waals surface area contributed by atoms with E-state index >= 15 is 0 Å². The number of rotatable bonds is 7. The van der Waals surface area contributed by atoms with Crippen molar-refractivity contribution < 1.29 is 22.4 Å². The summed E-state index contributed by atoms with van der Waals surface area (Å²) in [7, 11) is -3.61. The monoisotopic (exact) mass is 447 g/mol. The van der Waals surface area contributed by atoms with Gasteiger partial charge in [0.1, 0.15) is 11.9 Å². The minimum Gasteiger partial charge on any atom is -0.340 e. The molecule has 2 amide bonds. The van der Waals surface area contributed by atoms with Gasteiger partial charge in [-0.05, 0) is 61.2 Å². The third kappa shape index (κ3) is 5.48. The summed E-state index contributed by atoms with van der Waals surface area (Å²) >= 11 is 0. The van der Waals surface area contributed by atoms with E-state index < -0.39 is 33.7 Å². The second-order valence-corrected chi connectivity index (χ2v) is 9.77. The number of carbonyl (C=O) groups is 2. The highest BCUT2D eigenvalue weighted by Gasteiger charge is 2.28. The number of hydrogen-bond acceptors (Lipinski definition) is 4. The van der Waals surface area contributed by atoms with Crippen molar-refractivity contribution in [1.29, 1.82) is 0 Å². The van der Waals surface area contributed by atoms with Crippen LogP contribution in [0.4, 0.5) is 10.1 Å². The van der Waals surface area contributed by atoms with Gasteiger partial charge in [0.2, 0.25) is 15.9 Å². The normalized spacial score (nSPS) is 15.6. The topological polar surface area (TPSA) is 95.6 Å². The van der Waals surface area contributed by atoms with Gasteiger partial charge >= 0.3 is 0 Å². The van der Waals surface area contributed by atoms with Gasteiger partial charge in [0.05, 0.1) is 4.90 Å². The molecule has 0 saturated carbocycles. The molecule has 0 aliphatic carbocycles. The summed E-state index contributed by atoms with van der Waals surface area (Å²) in [5, 5.41) is 5.36. The van der Waals surface area contributed by atoms with Crippen LogP contribution in [-0.2, 0) is 14.8 Å². The van der Waals surface area contributed by atoms with Crippen molar-refractivity contribution in [2.24, 2.45) is 5.92 Å². The van der Waals surface area contributed by atoms with Gasteiger partial charge in [-0.15, -0.1) is 0 Å². The predicted octanol–water partition coefficient (Wildman–Crippen LogP) is 3.00. The maximum atomic E-state index is 13.1. The van der Waals surface area contributed by atoms with E-state index in [1.807, 2.05) is 0 Å². The van der Waals surface area contributed by atoms with Gasteiger partial charge in [-0.25, -0.2) is 12.8 Å². The van der Waals surface area contributed by atoms with E-state index in [1.165, 1.54) is 40.7 Å². The minimum atomic E-state index is -3.61. The molecule has 7 nitrogen and oxygen atoms in total. The van der Waals surface area contributed by atoms with E-state index in [0.29, 0.717) is 18.8 Å². The smallest absolute Gasteiger partial charge is 0.251 e. The second kappa shape index (κ2) is 9.57. The van der Waals surface area contributed by atoms with Crippen LogP contribution in [0, 0.1) is 11.7 Å². The molecule has 166 valence electrons. The molecule has 0 unspecified atom stereocenters. The fourth-order valence-electron chi connectivity index (χ4n) is 3.39. The highest BCUT2D eigenvalue weighted by molar-refractivity contribution is 7.89. The number of amides is 2. The lowest BCUT2D eigenvalue weighted by molar-refractivity contribution is -0.118. The fourth-order valence-corrected chi connectivity index (χ4v) is 4.96. The molecular weight excluding hydrogens is 421 g/mol. The van der Waals surface area contributed by atoms with Gasteiger partial charge < -0.3 is 10.6 Å². The van der Waals surface area contributed by atoms with E-state index in [-0.39, 0.29) is 16.4 Å². The molecule has 0 bridgehead atoms. The number of hydrogen-bond donors (Lipinski definition) is 2. The van der Waals surface area contributed by atoms with Gasteiger partial charge in [-0.3, -0.25) is 9.59 Å². The number of benzene rings is 2. The average Bonchev–Trinajstić information content (AvgIpc) is 3.28. The van der Waals surface area contributed by atoms with E-state index in [2.05, 4.69) is 10.6 Å². The quantitative estimate of drug-likeness (QED) is 0.682. The van der Waals surface area contributed by atoms with Crippen LogP contribution in [0.1, 0.15) is 37.0 Å². The summed E-state index contributed by atoms with van der Waals surface area (Å²) in [6.45, 7) is 4.54. The number of anilines is 1. The van der Waals surface area contributed by atoms with Gasteiger partial charge in [0, 0.05) is 24.3 Å². The lowest BCUT2D eigenvalue weighted by atomic mass is 10.0. The summed E-state index contributed by atoms with van der Waals surface area (Å²) in [4.78, 5) is 25.4. The number of carbonyl (C=O) groups excluding carboxylic acids is 2. The molecule has 1 saturated heterocycles. The molecule has 1 aliphatic rings. The number of halogens is 1. The van der Waals surface area contributed by atoms with Crippen LogP contribution in [0.3, 0.4) is 0 Å². The Hall–Kier alpha value is -2.78. The molecule has 2 N–H and O–H groups in total. The molecule has 31 heavy (non-hydrogen) atoms. The Bertz CT molecular complexity index is 1050. The van der Waals surface area contributed by atoms with Crippen molar-refractivity contribution in [2.45, 2.75) is 37.6 Å². The molecule has 1 aliphatic heterocycles. The summed E-state index contributed by atoms with van der Waals surface area (Å²) in [6.07, 6.45) is 1.67. The first-order valence-electron chi connectivity index (χ1n) is 10.2. The van der Waals surface area contributed by atoms with Gasteiger partial charge in [-0.2, -0.15) is 4.31 Å². The predicted molar refractivity (Wildman–Crippen MR) is 116 cm³/mol. The zero-order valence-corrected chi connectivity index (χ0v) is 18.3. The molecule has 2 aromatic rings. The molecule has 0 spiro atoms. The minimum absolute atomic E-state index is 0.114. The lowest BCUT2D eigenvalue weighted by Gasteiger charge is -2.22. The zero-order valence-electron chi connectivity index (χ0n) is 17.5. The van der Waals surface area contributed by atoms with E-state index in [4.69, 9.17) is 0 Å². The van der Waals surface area contributed by atoms with Crippen LogP contribution in [-0.4, -0.2) is 43.7 Å². The summed E-state index contributed by atoms with van der Waals surface area (Å²) in [5.41, 5.74) is 0.561. The standard InChI is InChI=1S/C22H26FN3O4S/c1-15(2)20(25-21(27)16-8-10-17(23)11-9-16)22(28)24-18-6-5-7-19(14-18)31(29,30)26-12-3-4-13-26/h5-11,14-15,20H,3-4,12-13H2,1-2H3,(H,24,28)(H,25,27)/t20-/m0/s1. The SMILES string of the molecule is CC(C)[C@H](NC(=O)c1ccc(F)cc1)C(=O)Nc1cccc(S(=O)(=O)N2CCCC2)c1. The van der Waals surface area contributed by atoms with Gasteiger partial charge in [-0.1, -0.05) is 19.9 Å².